The maximum absolute atomic E-state index is 13.8. The van der Waals surface area contributed by atoms with E-state index in [1.165, 1.54) is 13.0 Å². The fourth-order valence-corrected chi connectivity index (χ4v) is 2.09. The minimum Gasteiger partial charge on any atom is -0.378 e. The summed E-state index contributed by atoms with van der Waals surface area (Å²) in [7, 11) is 0. The SMILES string of the molecule is Cc1ccc(F)c(C(=O)C2COC(C)C2)c1F. The van der Waals surface area contributed by atoms with Crippen molar-refractivity contribution < 1.29 is 18.3 Å². The van der Waals surface area contributed by atoms with Crippen LogP contribution in [0.25, 0.3) is 0 Å². The van der Waals surface area contributed by atoms with Crippen LogP contribution in [-0.2, 0) is 4.74 Å². The maximum atomic E-state index is 13.8. The number of carbonyl (C=O) groups excluding carboxylic acids is 1. The summed E-state index contributed by atoms with van der Waals surface area (Å²) in [4.78, 5) is 12.0. The molecule has 1 aliphatic rings. The zero-order valence-corrected chi connectivity index (χ0v) is 9.80. The first-order valence-corrected chi connectivity index (χ1v) is 5.61. The van der Waals surface area contributed by atoms with Gasteiger partial charge in [0.1, 0.15) is 11.6 Å². The smallest absolute Gasteiger partial charge is 0.174 e. The third-order valence-corrected chi connectivity index (χ3v) is 3.10. The number of benzene rings is 1. The van der Waals surface area contributed by atoms with Gasteiger partial charge in [0.2, 0.25) is 0 Å². The van der Waals surface area contributed by atoms with Crippen molar-refractivity contribution in [1.82, 2.24) is 0 Å². The Morgan fingerprint density at radius 1 is 1.41 bits per heavy atom. The van der Waals surface area contributed by atoms with Gasteiger partial charge in [0.15, 0.2) is 5.78 Å². The minimum atomic E-state index is -0.794. The number of aryl methyl sites for hydroxylation is 1. The third-order valence-electron chi connectivity index (χ3n) is 3.10. The third kappa shape index (κ3) is 2.22. The Morgan fingerprint density at radius 3 is 2.71 bits per heavy atom. The van der Waals surface area contributed by atoms with E-state index in [0.29, 0.717) is 6.42 Å². The molecular weight excluding hydrogens is 226 g/mol. The Kier molecular flexibility index (Phi) is 3.24. The summed E-state index contributed by atoms with van der Waals surface area (Å²) >= 11 is 0. The van der Waals surface area contributed by atoms with E-state index in [9.17, 15) is 13.6 Å². The van der Waals surface area contributed by atoms with E-state index in [1.54, 1.807) is 0 Å². The monoisotopic (exact) mass is 240 g/mol. The second-order valence-electron chi connectivity index (χ2n) is 4.49. The summed E-state index contributed by atoms with van der Waals surface area (Å²) < 4.78 is 32.5. The van der Waals surface area contributed by atoms with Crippen LogP contribution in [0, 0.1) is 24.5 Å². The molecule has 2 atom stereocenters. The molecule has 0 aromatic heterocycles. The van der Waals surface area contributed by atoms with Gasteiger partial charge in [-0.15, -0.1) is 0 Å². The average Bonchev–Trinajstić information content (AvgIpc) is 2.71. The van der Waals surface area contributed by atoms with Crippen molar-refractivity contribution in [2.24, 2.45) is 5.92 Å². The van der Waals surface area contributed by atoms with E-state index in [4.69, 9.17) is 4.74 Å². The van der Waals surface area contributed by atoms with Gasteiger partial charge in [0.25, 0.3) is 0 Å². The number of hydrogen-bond acceptors (Lipinski definition) is 2. The van der Waals surface area contributed by atoms with Crippen LogP contribution in [0.15, 0.2) is 12.1 Å². The Balaban J connectivity index is 2.34. The Bertz CT molecular complexity index is 457. The molecule has 17 heavy (non-hydrogen) atoms. The van der Waals surface area contributed by atoms with E-state index in [2.05, 4.69) is 0 Å². The fraction of sp³-hybridized carbons (Fsp3) is 0.462. The first kappa shape index (κ1) is 12.2. The second kappa shape index (κ2) is 4.53. The van der Waals surface area contributed by atoms with Crippen molar-refractivity contribution in [1.29, 1.82) is 0 Å². The van der Waals surface area contributed by atoms with Gasteiger partial charge in [0, 0.05) is 5.92 Å². The largest absolute Gasteiger partial charge is 0.378 e. The number of carbonyl (C=O) groups is 1. The molecule has 1 heterocycles. The quantitative estimate of drug-likeness (QED) is 0.743. The highest BCUT2D eigenvalue weighted by molar-refractivity contribution is 5.98. The van der Waals surface area contributed by atoms with E-state index in [-0.39, 0.29) is 18.3 Å². The number of rotatable bonds is 2. The lowest BCUT2D eigenvalue weighted by Gasteiger charge is -2.10. The molecule has 4 heteroatoms. The zero-order valence-electron chi connectivity index (χ0n) is 9.80. The highest BCUT2D eigenvalue weighted by atomic mass is 19.1. The van der Waals surface area contributed by atoms with Gasteiger partial charge in [-0.05, 0) is 31.9 Å². The molecule has 1 aromatic rings. The molecule has 92 valence electrons. The van der Waals surface area contributed by atoms with Crippen LogP contribution in [0.4, 0.5) is 8.78 Å². The molecule has 0 aliphatic carbocycles. The highest BCUT2D eigenvalue weighted by Crippen LogP contribution is 2.26. The molecule has 0 amide bonds. The zero-order chi connectivity index (χ0) is 12.6. The predicted molar refractivity (Wildman–Crippen MR) is 58.9 cm³/mol. The van der Waals surface area contributed by atoms with Gasteiger partial charge in [-0.1, -0.05) is 6.07 Å². The van der Waals surface area contributed by atoms with Gasteiger partial charge >= 0.3 is 0 Å². The Hall–Kier alpha value is -1.29. The number of hydrogen-bond donors (Lipinski definition) is 0. The van der Waals surface area contributed by atoms with Crippen LogP contribution < -0.4 is 0 Å². The summed E-state index contributed by atoms with van der Waals surface area (Å²) in [6, 6.07) is 2.46. The number of halogens is 2. The van der Waals surface area contributed by atoms with Gasteiger partial charge in [-0.25, -0.2) is 8.78 Å². The number of Topliss-reactive ketones (excluding diaryl/α,β-unsaturated/α-hetero) is 1. The van der Waals surface area contributed by atoms with Crippen molar-refractivity contribution in [3.63, 3.8) is 0 Å². The second-order valence-corrected chi connectivity index (χ2v) is 4.49. The summed E-state index contributed by atoms with van der Waals surface area (Å²) in [5.74, 6) is -2.48. The lowest BCUT2D eigenvalue weighted by molar-refractivity contribution is 0.0869. The van der Waals surface area contributed by atoms with Crippen molar-refractivity contribution in [3.05, 3.63) is 34.9 Å². The molecule has 2 nitrogen and oxygen atoms in total. The van der Waals surface area contributed by atoms with E-state index in [1.807, 2.05) is 6.92 Å². The normalized spacial score (nSPS) is 24.0. The van der Waals surface area contributed by atoms with Crippen molar-refractivity contribution in [2.75, 3.05) is 6.61 Å². The molecule has 1 fully saturated rings. The molecule has 1 aliphatic heterocycles. The van der Waals surface area contributed by atoms with Gasteiger partial charge in [-0.3, -0.25) is 4.79 Å². The van der Waals surface area contributed by atoms with Crippen molar-refractivity contribution in [2.45, 2.75) is 26.4 Å². The molecule has 0 spiro atoms. The number of ether oxygens (including phenoxy) is 1. The summed E-state index contributed by atoms with van der Waals surface area (Å²) in [6.07, 6.45) is 0.492. The highest BCUT2D eigenvalue weighted by Gasteiger charge is 2.32. The summed E-state index contributed by atoms with van der Waals surface area (Å²) in [6.45, 7) is 3.60. The first-order chi connectivity index (χ1) is 8.00. The van der Waals surface area contributed by atoms with Crippen LogP contribution in [-0.4, -0.2) is 18.5 Å². The van der Waals surface area contributed by atoms with Gasteiger partial charge in [-0.2, -0.15) is 0 Å². The standard InChI is InChI=1S/C13H14F2O2/c1-7-3-4-10(14)11(12(7)15)13(16)9-5-8(2)17-6-9/h3-4,8-9H,5-6H2,1-2H3. The van der Waals surface area contributed by atoms with Gasteiger partial charge in [0.05, 0.1) is 18.3 Å². The molecule has 2 rings (SSSR count). The van der Waals surface area contributed by atoms with Gasteiger partial charge < -0.3 is 4.74 Å². The Labute approximate surface area is 98.6 Å². The molecule has 2 unspecified atom stereocenters. The summed E-state index contributed by atoms with van der Waals surface area (Å²) in [5.41, 5.74) is -0.144. The molecule has 0 radical (unpaired) electrons. The van der Waals surface area contributed by atoms with Crippen LogP contribution in [0.3, 0.4) is 0 Å². The molecule has 1 saturated heterocycles. The lowest BCUT2D eigenvalue weighted by Crippen LogP contribution is -2.18. The first-order valence-electron chi connectivity index (χ1n) is 5.61. The molecule has 1 aromatic carbocycles. The summed E-state index contributed by atoms with van der Waals surface area (Å²) in [5, 5.41) is 0. The van der Waals surface area contributed by atoms with Crippen molar-refractivity contribution in [3.8, 4) is 0 Å². The lowest BCUT2D eigenvalue weighted by atomic mass is 9.93. The van der Waals surface area contributed by atoms with Crippen LogP contribution >= 0.6 is 0 Å². The van der Waals surface area contributed by atoms with Crippen molar-refractivity contribution >= 4 is 5.78 Å². The number of ketones is 1. The average molecular weight is 240 g/mol. The van der Waals surface area contributed by atoms with E-state index in [0.717, 1.165) is 6.07 Å². The van der Waals surface area contributed by atoms with Crippen LogP contribution in [0.1, 0.15) is 29.3 Å². The topological polar surface area (TPSA) is 26.3 Å². The maximum Gasteiger partial charge on any atom is 0.174 e. The Morgan fingerprint density at radius 2 is 2.12 bits per heavy atom. The van der Waals surface area contributed by atoms with Crippen LogP contribution in [0.2, 0.25) is 0 Å². The van der Waals surface area contributed by atoms with E-state index < -0.39 is 28.9 Å². The van der Waals surface area contributed by atoms with E-state index >= 15 is 0 Å². The molecular formula is C13H14F2O2. The predicted octanol–water partition coefficient (Wildman–Crippen LogP) is 2.88. The molecule has 0 bridgehead atoms. The molecule has 0 N–H and O–H groups in total. The van der Waals surface area contributed by atoms with Crippen LogP contribution in [0.5, 0.6) is 0 Å². The fourth-order valence-electron chi connectivity index (χ4n) is 2.09. The minimum absolute atomic E-state index is 0.0279. The molecule has 0 saturated carbocycles.